The average Bonchev–Trinajstić information content (AvgIpc) is 3.25. The number of carbonyl (C=O) groups is 2. The zero-order chi connectivity index (χ0) is 18.3. The highest BCUT2D eigenvalue weighted by molar-refractivity contribution is 7.90. The second kappa shape index (κ2) is 6.25. The quantitative estimate of drug-likeness (QED) is 0.831. The van der Waals surface area contributed by atoms with E-state index in [1.54, 1.807) is 36.4 Å². The van der Waals surface area contributed by atoms with Gasteiger partial charge in [-0.15, -0.1) is 0 Å². The van der Waals surface area contributed by atoms with Crippen molar-refractivity contribution >= 4 is 21.8 Å². The molecule has 6 nitrogen and oxygen atoms in total. The number of carbonyl (C=O) groups excluding carboxylic acids is 2. The molecule has 2 aromatic rings. The molecule has 0 spiro atoms. The van der Waals surface area contributed by atoms with E-state index in [1.807, 2.05) is 4.90 Å². The maximum absolute atomic E-state index is 12.6. The van der Waals surface area contributed by atoms with Crippen LogP contribution < -0.4 is 0 Å². The summed E-state index contributed by atoms with van der Waals surface area (Å²) >= 11 is 0. The molecular weight excluding hydrogens is 352 g/mol. The van der Waals surface area contributed by atoms with Gasteiger partial charge in [-0.2, -0.15) is 0 Å². The van der Waals surface area contributed by atoms with Crippen molar-refractivity contribution in [2.45, 2.75) is 24.3 Å². The summed E-state index contributed by atoms with van der Waals surface area (Å²) in [5, 5.41) is 0. The van der Waals surface area contributed by atoms with Crippen LogP contribution >= 0.6 is 0 Å². The molecule has 2 heterocycles. The lowest BCUT2D eigenvalue weighted by Gasteiger charge is -2.17. The fourth-order valence-corrected chi connectivity index (χ4v) is 4.97. The van der Waals surface area contributed by atoms with E-state index in [1.165, 1.54) is 12.1 Å². The number of benzene rings is 2. The Morgan fingerprint density at radius 3 is 2.27 bits per heavy atom. The molecule has 26 heavy (non-hydrogen) atoms. The largest absolute Gasteiger partial charge is 0.339 e. The van der Waals surface area contributed by atoms with E-state index in [9.17, 15) is 18.0 Å². The zero-order valence-electron chi connectivity index (χ0n) is 14.1. The van der Waals surface area contributed by atoms with Gasteiger partial charge in [-0.25, -0.2) is 12.7 Å². The Morgan fingerprint density at radius 1 is 0.962 bits per heavy atom. The molecule has 7 heteroatoms. The predicted octanol–water partition coefficient (Wildman–Crippen LogP) is 2.27. The molecule has 4 rings (SSSR count). The van der Waals surface area contributed by atoms with E-state index in [4.69, 9.17) is 0 Å². The Morgan fingerprint density at radius 2 is 1.62 bits per heavy atom. The minimum atomic E-state index is -3.82. The number of fused-ring (bicyclic) bond motifs is 1. The molecule has 0 atom stereocenters. The molecule has 1 fully saturated rings. The van der Waals surface area contributed by atoms with E-state index >= 15 is 0 Å². The molecule has 134 valence electrons. The van der Waals surface area contributed by atoms with Gasteiger partial charge in [0.05, 0.1) is 12.1 Å². The third-order valence-electron chi connectivity index (χ3n) is 4.83. The van der Waals surface area contributed by atoms with Gasteiger partial charge in [0.25, 0.3) is 21.8 Å². The van der Waals surface area contributed by atoms with Gasteiger partial charge in [0.15, 0.2) is 0 Å². The molecule has 0 bridgehead atoms. The summed E-state index contributed by atoms with van der Waals surface area (Å²) in [7, 11) is -3.82. The fraction of sp³-hybridized carbons (Fsp3) is 0.263. The molecule has 0 aromatic heterocycles. The first kappa shape index (κ1) is 16.8. The smallest absolute Gasteiger partial charge is 0.269 e. The predicted molar refractivity (Wildman–Crippen MR) is 95.1 cm³/mol. The summed E-state index contributed by atoms with van der Waals surface area (Å²) in [4.78, 5) is 26.7. The molecular formula is C19H18N2O4S. The minimum absolute atomic E-state index is 0.00803. The number of sulfonamides is 1. The van der Waals surface area contributed by atoms with Gasteiger partial charge in [0.1, 0.15) is 4.90 Å². The number of nitrogens with zero attached hydrogens (tertiary/aromatic N) is 2. The van der Waals surface area contributed by atoms with E-state index in [2.05, 4.69) is 0 Å². The van der Waals surface area contributed by atoms with Crippen molar-refractivity contribution in [3.05, 3.63) is 65.2 Å². The number of hydrogen-bond donors (Lipinski definition) is 0. The second-order valence-corrected chi connectivity index (χ2v) is 8.34. The monoisotopic (exact) mass is 370 g/mol. The molecule has 2 aliphatic heterocycles. The van der Waals surface area contributed by atoms with Crippen LogP contribution in [0.1, 0.15) is 39.1 Å². The van der Waals surface area contributed by atoms with Gasteiger partial charge in [0, 0.05) is 18.7 Å². The second-order valence-electron chi connectivity index (χ2n) is 6.51. The van der Waals surface area contributed by atoms with Crippen molar-refractivity contribution in [3.63, 3.8) is 0 Å². The normalized spacial score (nSPS) is 18.2. The van der Waals surface area contributed by atoms with E-state index in [0.29, 0.717) is 11.1 Å². The lowest BCUT2D eigenvalue weighted by molar-refractivity contribution is 0.0791. The van der Waals surface area contributed by atoms with Crippen molar-refractivity contribution < 1.29 is 18.0 Å². The standard InChI is InChI=1S/C19H18N2O4S/c22-18(20-11-3-4-12-20)15-9-7-14(8-10-15)13-21-19(23)16-5-1-2-6-17(16)26(21,24)25/h1-2,5-10H,3-4,11-13H2. The SMILES string of the molecule is O=C(c1ccc(CN2C(=O)c3ccccc3S2(=O)=O)cc1)N1CCCC1. The number of likely N-dealkylation sites (tertiary alicyclic amines) is 1. The van der Waals surface area contributed by atoms with Crippen LogP contribution in [-0.4, -0.2) is 42.5 Å². The Balaban J connectivity index is 1.55. The molecule has 2 aromatic carbocycles. The fourth-order valence-electron chi connectivity index (χ4n) is 3.41. The van der Waals surface area contributed by atoms with Crippen LogP contribution in [0.4, 0.5) is 0 Å². The Kier molecular flexibility index (Phi) is 4.03. The van der Waals surface area contributed by atoms with Crippen LogP contribution in [0.5, 0.6) is 0 Å². The summed E-state index contributed by atoms with van der Waals surface area (Å²) in [6.07, 6.45) is 2.05. The van der Waals surface area contributed by atoms with Crippen LogP contribution in [-0.2, 0) is 16.6 Å². The van der Waals surface area contributed by atoms with Crippen LogP contribution in [0.2, 0.25) is 0 Å². The van der Waals surface area contributed by atoms with Gasteiger partial charge >= 0.3 is 0 Å². The highest BCUT2D eigenvalue weighted by Crippen LogP contribution is 2.31. The van der Waals surface area contributed by atoms with Gasteiger partial charge in [-0.3, -0.25) is 9.59 Å². The Labute approximate surface area is 152 Å². The lowest BCUT2D eigenvalue weighted by Crippen LogP contribution is -2.29. The minimum Gasteiger partial charge on any atom is -0.339 e. The first-order valence-corrected chi connectivity index (χ1v) is 9.97. The zero-order valence-corrected chi connectivity index (χ0v) is 14.9. The van der Waals surface area contributed by atoms with Crippen LogP contribution in [0, 0.1) is 0 Å². The Bertz CT molecular complexity index is 977. The molecule has 1 saturated heterocycles. The maximum Gasteiger partial charge on any atom is 0.269 e. The van der Waals surface area contributed by atoms with Crippen molar-refractivity contribution in [1.82, 2.24) is 9.21 Å². The summed E-state index contributed by atoms with van der Waals surface area (Å²) in [5.74, 6) is -0.524. The van der Waals surface area contributed by atoms with Crippen molar-refractivity contribution in [1.29, 1.82) is 0 Å². The molecule has 0 unspecified atom stereocenters. The van der Waals surface area contributed by atoms with Gasteiger partial charge in [-0.05, 0) is 42.7 Å². The molecule has 0 N–H and O–H groups in total. The van der Waals surface area contributed by atoms with E-state index in [-0.39, 0.29) is 22.9 Å². The summed E-state index contributed by atoms with van der Waals surface area (Å²) in [6, 6.07) is 13.0. The first-order chi connectivity index (χ1) is 12.5. The number of hydrogen-bond acceptors (Lipinski definition) is 4. The highest BCUT2D eigenvalue weighted by atomic mass is 32.2. The third kappa shape index (κ3) is 2.68. The Hall–Kier alpha value is -2.67. The van der Waals surface area contributed by atoms with E-state index in [0.717, 1.165) is 30.2 Å². The summed E-state index contributed by atoms with van der Waals surface area (Å²) in [5.41, 5.74) is 1.44. The number of rotatable bonds is 3. The van der Waals surface area contributed by atoms with Gasteiger partial charge < -0.3 is 4.90 Å². The van der Waals surface area contributed by atoms with Gasteiger partial charge in [0.2, 0.25) is 0 Å². The molecule has 0 radical (unpaired) electrons. The van der Waals surface area contributed by atoms with Crippen LogP contribution in [0.15, 0.2) is 53.4 Å². The van der Waals surface area contributed by atoms with Crippen molar-refractivity contribution in [3.8, 4) is 0 Å². The van der Waals surface area contributed by atoms with Crippen LogP contribution in [0.3, 0.4) is 0 Å². The van der Waals surface area contributed by atoms with Crippen molar-refractivity contribution in [2.24, 2.45) is 0 Å². The topological polar surface area (TPSA) is 74.8 Å². The summed E-state index contributed by atoms with van der Waals surface area (Å²) < 4.78 is 26.1. The third-order valence-corrected chi connectivity index (χ3v) is 6.62. The molecule has 2 aliphatic rings. The van der Waals surface area contributed by atoms with Crippen LogP contribution in [0.25, 0.3) is 0 Å². The average molecular weight is 370 g/mol. The summed E-state index contributed by atoms with van der Waals surface area (Å²) in [6.45, 7) is 1.51. The molecule has 0 saturated carbocycles. The van der Waals surface area contributed by atoms with E-state index < -0.39 is 15.9 Å². The highest BCUT2D eigenvalue weighted by Gasteiger charge is 2.40. The van der Waals surface area contributed by atoms with Gasteiger partial charge in [-0.1, -0.05) is 24.3 Å². The maximum atomic E-state index is 12.6. The molecule has 2 amide bonds. The lowest BCUT2D eigenvalue weighted by atomic mass is 10.1. The number of amides is 2. The van der Waals surface area contributed by atoms with Crippen molar-refractivity contribution in [2.75, 3.05) is 13.1 Å². The first-order valence-electron chi connectivity index (χ1n) is 8.53. The molecule has 0 aliphatic carbocycles.